The smallest absolute Gasteiger partial charge is 0.321 e. The first-order chi connectivity index (χ1) is 11.2. The van der Waals surface area contributed by atoms with Crippen LogP contribution in [0, 0.1) is 5.92 Å². The Morgan fingerprint density at radius 3 is 2.74 bits per heavy atom. The van der Waals surface area contributed by atoms with Crippen molar-refractivity contribution >= 4 is 17.6 Å². The minimum atomic E-state index is -0.0803. The van der Waals surface area contributed by atoms with Crippen LogP contribution in [-0.4, -0.2) is 44.7 Å². The molecule has 0 spiro atoms. The minimum absolute atomic E-state index is 0.0498. The molecular weight excluding hydrogens is 292 g/mol. The van der Waals surface area contributed by atoms with Crippen LogP contribution in [0.1, 0.15) is 29.6 Å². The molecule has 2 fully saturated rings. The average Bonchev–Trinajstić information content (AvgIpc) is 3.02. The molecule has 1 unspecified atom stereocenters. The highest BCUT2D eigenvalue weighted by Gasteiger charge is 2.21. The molecule has 2 saturated heterocycles. The first-order valence-corrected chi connectivity index (χ1v) is 8.38. The van der Waals surface area contributed by atoms with Crippen molar-refractivity contribution in [3.63, 3.8) is 0 Å². The second-order valence-corrected chi connectivity index (χ2v) is 6.19. The number of nitrogens with zero attached hydrogens (tertiary/aromatic N) is 1. The van der Waals surface area contributed by atoms with Gasteiger partial charge in [0.15, 0.2) is 0 Å². The Balaban J connectivity index is 1.48. The standard InChI is InChI=1S/C17H24N4O2/c22-16(19-9-7-13-2-1-8-18-12-13)14-3-5-15(6-4-14)21-11-10-20-17(21)23/h3-6,13,18H,1-2,7-12H2,(H,19,22)(H,20,23). The third-order valence-corrected chi connectivity index (χ3v) is 4.54. The summed E-state index contributed by atoms with van der Waals surface area (Å²) in [6, 6.07) is 7.12. The monoisotopic (exact) mass is 316 g/mol. The predicted molar refractivity (Wildman–Crippen MR) is 89.7 cm³/mol. The summed E-state index contributed by atoms with van der Waals surface area (Å²) in [4.78, 5) is 25.5. The average molecular weight is 316 g/mol. The van der Waals surface area contributed by atoms with Crippen LogP contribution in [0.4, 0.5) is 10.5 Å². The lowest BCUT2D eigenvalue weighted by molar-refractivity contribution is 0.0950. The Morgan fingerprint density at radius 2 is 2.09 bits per heavy atom. The van der Waals surface area contributed by atoms with Crippen LogP contribution in [0.25, 0.3) is 0 Å². The van der Waals surface area contributed by atoms with E-state index >= 15 is 0 Å². The topological polar surface area (TPSA) is 73.5 Å². The van der Waals surface area contributed by atoms with Crippen molar-refractivity contribution in [3.8, 4) is 0 Å². The van der Waals surface area contributed by atoms with Gasteiger partial charge < -0.3 is 16.0 Å². The summed E-state index contributed by atoms with van der Waals surface area (Å²) in [5.41, 5.74) is 1.46. The fraction of sp³-hybridized carbons (Fsp3) is 0.529. The van der Waals surface area contributed by atoms with E-state index in [0.717, 1.165) is 25.2 Å². The van der Waals surface area contributed by atoms with Crippen LogP contribution < -0.4 is 20.9 Å². The van der Waals surface area contributed by atoms with Gasteiger partial charge in [-0.3, -0.25) is 9.69 Å². The SMILES string of the molecule is O=C(NCCC1CCCNC1)c1ccc(N2CCNC2=O)cc1. The second-order valence-electron chi connectivity index (χ2n) is 6.19. The Bertz CT molecular complexity index is 552. The molecule has 2 aliphatic heterocycles. The summed E-state index contributed by atoms with van der Waals surface area (Å²) < 4.78 is 0. The third kappa shape index (κ3) is 4.01. The highest BCUT2D eigenvalue weighted by atomic mass is 16.2. The van der Waals surface area contributed by atoms with Gasteiger partial charge in [0.05, 0.1) is 0 Å². The summed E-state index contributed by atoms with van der Waals surface area (Å²) in [5.74, 6) is 0.617. The molecule has 0 aromatic heterocycles. The molecule has 0 radical (unpaired) electrons. The van der Waals surface area contributed by atoms with Crippen LogP contribution >= 0.6 is 0 Å². The second kappa shape index (κ2) is 7.46. The van der Waals surface area contributed by atoms with Crippen molar-refractivity contribution in [3.05, 3.63) is 29.8 Å². The summed E-state index contributed by atoms with van der Waals surface area (Å²) in [7, 11) is 0. The highest BCUT2D eigenvalue weighted by molar-refractivity contribution is 5.96. The van der Waals surface area contributed by atoms with E-state index in [1.807, 2.05) is 12.1 Å². The van der Waals surface area contributed by atoms with E-state index in [4.69, 9.17) is 0 Å². The minimum Gasteiger partial charge on any atom is -0.352 e. The number of amides is 3. The van der Waals surface area contributed by atoms with Crippen molar-refractivity contribution in [2.45, 2.75) is 19.3 Å². The first kappa shape index (κ1) is 15.8. The molecule has 3 N–H and O–H groups in total. The summed E-state index contributed by atoms with van der Waals surface area (Å²) in [5, 5.41) is 9.14. The maximum atomic E-state index is 12.2. The fourth-order valence-corrected chi connectivity index (χ4v) is 3.17. The normalized spacial score (nSPS) is 21.1. The molecule has 2 heterocycles. The van der Waals surface area contributed by atoms with E-state index in [9.17, 15) is 9.59 Å². The summed E-state index contributed by atoms with van der Waals surface area (Å²) in [6.07, 6.45) is 3.49. The molecule has 2 aliphatic rings. The van der Waals surface area contributed by atoms with Crippen molar-refractivity contribution < 1.29 is 9.59 Å². The van der Waals surface area contributed by atoms with Gasteiger partial charge >= 0.3 is 6.03 Å². The molecule has 0 bridgehead atoms. The molecular formula is C17H24N4O2. The van der Waals surface area contributed by atoms with Crippen LogP contribution in [0.15, 0.2) is 24.3 Å². The Hall–Kier alpha value is -2.08. The van der Waals surface area contributed by atoms with Crippen LogP contribution in [0.2, 0.25) is 0 Å². The Kier molecular flexibility index (Phi) is 5.12. The summed E-state index contributed by atoms with van der Waals surface area (Å²) in [6.45, 7) is 4.21. The fourth-order valence-electron chi connectivity index (χ4n) is 3.17. The number of anilines is 1. The number of benzene rings is 1. The Morgan fingerprint density at radius 1 is 1.26 bits per heavy atom. The van der Waals surface area contributed by atoms with E-state index in [-0.39, 0.29) is 11.9 Å². The van der Waals surface area contributed by atoms with Crippen LogP contribution in [0.3, 0.4) is 0 Å². The largest absolute Gasteiger partial charge is 0.352 e. The van der Waals surface area contributed by atoms with Gasteiger partial charge in [-0.1, -0.05) is 0 Å². The number of hydrogen-bond donors (Lipinski definition) is 3. The predicted octanol–water partition coefficient (Wildman–Crippen LogP) is 1.34. The van der Waals surface area contributed by atoms with Crippen molar-refractivity contribution in [1.82, 2.24) is 16.0 Å². The van der Waals surface area contributed by atoms with E-state index in [2.05, 4.69) is 16.0 Å². The summed E-state index contributed by atoms with van der Waals surface area (Å²) >= 11 is 0. The number of piperidine rings is 1. The lowest BCUT2D eigenvalue weighted by Gasteiger charge is -2.22. The zero-order valence-corrected chi connectivity index (χ0v) is 13.3. The zero-order valence-electron chi connectivity index (χ0n) is 13.3. The van der Waals surface area contributed by atoms with Gasteiger partial charge in [0.25, 0.3) is 5.91 Å². The number of hydrogen-bond acceptors (Lipinski definition) is 3. The molecule has 0 saturated carbocycles. The van der Waals surface area contributed by atoms with E-state index in [1.165, 1.54) is 12.8 Å². The van der Waals surface area contributed by atoms with Gasteiger partial charge in [-0.2, -0.15) is 0 Å². The maximum Gasteiger partial charge on any atom is 0.321 e. The van der Waals surface area contributed by atoms with E-state index in [0.29, 0.717) is 31.1 Å². The van der Waals surface area contributed by atoms with Crippen molar-refractivity contribution in [2.24, 2.45) is 5.92 Å². The molecule has 23 heavy (non-hydrogen) atoms. The molecule has 0 aliphatic carbocycles. The Labute approximate surface area is 136 Å². The van der Waals surface area contributed by atoms with Gasteiger partial charge in [-0.05, 0) is 62.5 Å². The van der Waals surface area contributed by atoms with Gasteiger partial charge in [-0.25, -0.2) is 4.79 Å². The van der Waals surface area contributed by atoms with Crippen molar-refractivity contribution in [1.29, 1.82) is 0 Å². The molecule has 1 aromatic rings. The van der Waals surface area contributed by atoms with Gasteiger partial charge in [-0.15, -0.1) is 0 Å². The van der Waals surface area contributed by atoms with E-state index < -0.39 is 0 Å². The van der Waals surface area contributed by atoms with Crippen molar-refractivity contribution in [2.75, 3.05) is 37.6 Å². The maximum absolute atomic E-state index is 12.2. The number of nitrogens with one attached hydrogen (secondary N) is 3. The number of urea groups is 1. The first-order valence-electron chi connectivity index (χ1n) is 8.38. The van der Waals surface area contributed by atoms with Gasteiger partial charge in [0.1, 0.15) is 0 Å². The van der Waals surface area contributed by atoms with E-state index in [1.54, 1.807) is 17.0 Å². The molecule has 1 aromatic carbocycles. The molecule has 6 nitrogen and oxygen atoms in total. The number of carbonyl (C=O) groups is 2. The number of carbonyl (C=O) groups excluding carboxylic acids is 2. The lowest BCUT2D eigenvalue weighted by Crippen LogP contribution is -2.33. The zero-order chi connectivity index (χ0) is 16.1. The lowest BCUT2D eigenvalue weighted by atomic mass is 9.96. The molecule has 6 heteroatoms. The third-order valence-electron chi connectivity index (χ3n) is 4.54. The molecule has 124 valence electrons. The van der Waals surface area contributed by atoms with Gasteiger partial charge in [0, 0.05) is 30.9 Å². The van der Waals surface area contributed by atoms with Gasteiger partial charge in [0.2, 0.25) is 0 Å². The number of rotatable bonds is 5. The molecule has 1 atom stereocenters. The highest BCUT2D eigenvalue weighted by Crippen LogP contribution is 2.17. The quantitative estimate of drug-likeness (QED) is 0.767. The van der Waals surface area contributed by atoms with Crippen LogP contribution in [0.5, 0.6) is 0 Å². The molecule has 3 amide bonds. The molecule has 3 rings (SSSR count). The van der Waals surface area contributed by atoms with Crippen LogP contribution in [-0.2, 0) is 0 Å².